The first-order valence-corrected chi connectivity index (χ1v) is 12.4. The number of amides is 1. The predicted octanol–water partition coefficient (Wildman–Crippen LogP) is 5.41. The number of nitro benzene ring substituents is 1. The molecule has 1 aromatic rings. The number of piperidine rings is 1. The van der Waals surface area contributed by atoms with Gasteiger partial charge in [-0.2, -0.15) is 26.3 Å². The van der Waals surface area contributed by atoms with Gasteiger partial charge >= 0.3 is 12.4 Å². The molecule has 214 valence electrons. The molecule has 1 heterocycles. The molecule has 0 aromatic heterocycles. The monoisotopic (exact) mass is 554 g/mol. The Balaban J connectivity index is 1.90. The third-order valence-corrected chi connectivity index (χ3v) is 7.09. The van der Waals surface area contributed by atoms with Crippen molar-refractivity contribution in [3.05, 3.63) is 27.8 Å². The first kappa shape index (κ1) is 29.8. The Labute approximate surface area is 215 Å². The maximum atomic E-state index is 13.3. The molecule has 38 heavy (non-hydrogen) atoms. The summed E-state index contributed by atoms with van der Waals surface area (Å²) in [5.74, 6) is -3.71. The number of nitrogens with zero attached hydrogens (tertiary/aromatic N) is 2. The van der Waals surface area contributed by atoms with Crippen molar-refractivity contribution in [3.63, 3.8) is 0 Å². The van der Waals surface area contributed by atoms with Gasteiger partial charge in [0.15, 0.2) is 0 Å². The lowest BCUT2D eigenvalue weighted by Crippen LogP contribution is -2.42. The zero-order valence-corrected chi connectivity index (χ0v) is 21.1. The van der Waals surface area contributed by atoms with Crippen molar-refractivity contribution in [2.24, 2.45) is 11.8 Å². The Morgan fingerprint density at radius 1 is 1.00 bits per heavy atom. The van der Waals surface area contributed by atoms with Crippen LogP contribution in [0.3, 0.4) is 0 Å². The number of anilines is 2. The topological polar surface area (TPSA) is 108 Å². The second-order valence-electron chi connectivity index (χ2n) is 10.7. The van der Waals surface area contributed by atoms with Crippen LogP contribution < -0.4 is 15.5 Å². The van der Waals surface area contributed by atoms with Crippen LogP contribution in [0.5, 0.6) is 0 Å². The minimum absolute atomic E-state index is 0.0210. The number of carbonyl (C=O) groups is 1. The molecule has 1 aliphatic heterocycles. The Hall–Kier alpha value is -2.77. The van der Waals surface area contributed by atoms with Crippen LogP contribution >= 0.6 is 0 Å². The SMILES string of the molecule is CC(C)(O)CNc1cc(N2CCC(C(F)(F)F)CC2)c(C(=O)NC2CCC(C(F)(F)F)CC2)cc1[N+](=O)[O-]. The largest absolute Gasteiger partial charge is 0.391 e. The summed E-state index contributed by atoms with van der Waals surface area (Å²) in [5.41, 5.74) is -1.71. The van der Waals surface area contributed by atoms with E-state index in [1.54, 1.807) is 4.90 Å². The van der Waals surface area contributed by atoms with Gasteiger partial charge in [-0.1, -0.05) is 0 Å². The molecular weight excluding hydrogens is 522 g/mol. The second kappa shape index (κ2) is 11.1. The molecule has 0 unspecified atom stereocenters. The van der Waals surface area contributed by atoms with E-state index >= 15 is 0 Å². The van der Waals surface area contributed by atoms with E-state index in [1.807, 2.05) is 0 Å². The van der Waals surface area contributed by atoms with Crippen LogP contribution in [0.1, 0.15) is 62.7 Å². The third kappa shape index (κ3) is 7.64. The molecule has 2 aliphatic rings. The lowest BCUT2D eigenvalue weighted by molar-refractivity contribution is -0.384. The smallest absolute Gasteiger partial charge is 0.389 e. The molecule has 3 N–H and O–H groups in total. The molecule has 2 fully saturated rings. The van der Waals surface area contributed by atoms with Gasteiger partial charge in [0.25, 0.3) is 11.6 Å². The minimum Gasteiger partial charge on any atom is -0.389 e. The van der Waals surface area contributed by atoms with Gasteiger partial charge in [0, 0.05) is 31.7 Å². The number of hydrogen-bond donors (Lipinski definition) is 3. The van der Waals surface area contributed by atoms with Crippen LogP contribution in [-0.4, -0.2) is 59.6 Å². The fourth-order valence-corrected chi connectivity index (χ4v) is 4.90. The predicted molar refractivity (Wildman–Crippen MR) is 128 cm³/mol. The zero-order chi connectivity index (χ0) is 28.5. The number of rotatable bonds is 7. The first-order chi connectivity index (χ1) is 17.5. The lowest BCUT2D eigenvalue weighted by atomic mass is 9.85. The van der Waals surface area contributed by atoms with Crippen LogP contribution in [0.2, 0.25) is 0 Å². The number of hydrogen-bond acceptors (Lipinski definition) is 6. The maximum absolute atomic E-state index is 13.3. The number of carbonyl (C=O) groups excluding carboxylic acids is 1. The molecule has 1 saturated heterocycles. The highest BCUT2D eigenvalue weighted by Crippen LogP contribution is 2.40. The van der Waals surface area contributed by atoms with Gasteiger partial charge in [0.2, 0.25) is 0 Å². The van der Waals surface area contributed by atoms with E-state index in [4.69, 9.17) is 0 Å². The van der Waals surface area contributed by atoms with Crippen LogP contribution in [0.15, 0.2) is 12.1 Å². The molecule has 0 spiro atoms. The van der Waals surface area contributed by atoms with Gasteiger partial charge in [-0.25, -0.2) is 0 Å². The van der Waals surface area contributed by atoms with Crippen molar-refractivity contribution in [1.29, 1.82) is 0 Å². The van der Waals surface area contributed by atoms with Gasteiger partial charge in [0.1, 0.15) is 5.69 Å². The molecule has 0 radical (unpaired) electrons. The van der Waals surface area contributed by atoms with Crippen molar-refractivity contribution in [1.82, 2.24) is 5.32 Å². The summed E-state index contributed by atoms with van der Waals surface area (Å²) < 4.78 is 78.6. The summed E-state index contributed by atoms with van der Waals surface area (Å²) in [5, 5.41) is 27.3. The lowest BCUT2D eigenvalue weighted by Gasteiger charge is -2.36. The Morgan fingerprint density at radius 3 is 2.00 bits per heavy atom. The number of nitro groups is 1. The van der Waals surface area contributed by atoms with E-state index in [0.717, 1.165) is 6.07 Å². The molecule has 3 rings (SSSR count). The highest BCUT2D eigenvalue weighted by atomic mass is 19.4. The summed E-state index contributed by atoms with van der Waals surface area (Å²) in [4.78, 5) is 25.9. The van der Waals surface area contributed by atoms with Crippen LogP contribution in [-0.2, 0) is 0 Å². The highest BCUT2D eigenvalue weighted by Gasteiger charge is 2.43. The quantitative estimate of drug-likeness (QED) is 0.237. The first-order valence-electron chi connectivity index (χ1n) is 12.4. The molecule has 1 saturated carbocycles. The molecule has 0 bridgehead atoms. The van der Waals surface area contributed by atoms with Crippen molar-refractivity contribution in [3.8, 4) is 0 Å². The Bertz CT molecular complexity index is 1010. The van der Waals surface area contributed by atoms with Gasteiger partial charge < -0.3 is 20.6 Å². The fourth-order valence-electron chi connectivity index (χ4n) is 4.90. The molecule has 8 nitrogen and oxygen atoms in total. The Morgan fingerprint density at radius 2 is 1.53 bits per heavy atom. The van der Waals surface area contributed by atoms with E-state index in [9.17, 15) is 46.4 Å². The molecule has 1 amide bonds. The third-order valence-electron chi connectivity index (χ3n) is 7.09. The standard InChI is InChI=1S/C24H32F6N4O4/c1-22(2,36)13-31-18-12-19(33-9-7-15(8-10-33)24(28,29)30)17(11-20(18)34(37)38)21(35)32-16-5-3-14(4-6-16)23(25,26)27/h11-12,14-16,31,36H,3-10,13H2,1-2H3,(H,32,35). The summed E-state index contributed by atoms with van der Waals surface area (Å²) in [6, 6.07) is 1.76. The summed E-state index contributed by atoms with van der Waals surface area (Å²) in [7, 11) is 0. The van der Waals surface area contributed by atoms with Crippen molar-refractivity contribution < 1.29 is 41.2 Å². The summed E-state index contributed by atoms with van der Waals surface area (Å²) >= 11 is 0. The zero-order valence-electron chi connectivity index (χ0n) is 21.1. The van der Waals surface area contributed by atoms with Gasteiger partial charge in [0.05, 0.1) is 33.6 Å². The van der Waals surface area contributed by atoms with E-state index < -0.39 is 52.3 Å². The Kier molecular flexibility index (Phi) is 8.74. The van der Waals surface area contributed by atoms with E-state index in [-0.39, 0.29) is 75.1 Å². The average molecular weight is 555 g/mol. The summed E-state index contributed by atoms with van der Waals surface area (Å²) in [6.07, 6.45) is -9.30. The normalized spacial score (nSPS) is 21.8. The van der Waals surface area contributed by atoms with Gasteiger partial charge in [-0.3, -0.25) is 14.9 Å². The van der Waals surface area contributed by atoms with Crippen molar-refractivity contribution in [2.45, 2.75) is 76.4 Å². The van der Waals surface area contributed by atoms with Gasteiger partial charge in [-0.05, 0) is 58.4 Å². The van der Waals surface area contributed by atoms with Crippen LogP contribution in [0, 0.1) is 22.0 Å². The number of alkyl halides is 6. The molecule has 1 aliphatic carbocycles. The van der Waals surface area contributed by atoms with Crippen molar-refractivity contribution in [2.75, 3.05) is 29.9 Å². The van der Waals surface area contributed by atoms with E-state index in [0.29, 0.717) is 0 Å². The fraction of sp³-hybridized carbons (Fsp3) is 0.708. The van der Waals surface area contributed by atoms with E-state index in [1.165, 1.54) is 19.9 Å². The number of aliphatic hydroxyl groups is 1. The van der Waals surface area contributed by atoms with Crippen LogP contribution in [0.25, 0.3) is 0 Å². The maximum Gasteiger partial charge on any atom is 0.391 e. The molecule has 0 atom stereocenters. The van der Waals surface area contributed by atoms with E-state index in [2.05, 4.69) is 10.6 Å². The average Bonchev–Trinajstić information content (AvgIpc) is 2.81. The second-order valence-corrected chi connectivity index (χ2v) is 10.7. The van der Waals surface area contributed by atoms with Gasteiger partial charge in [-0.15, -0.1) is 0 Å². The molecular formula is C24H32F6N4O4. The van der Waals surface area contributed by atoms with Crippen molar-refractivity contribution >= 4 is 23.0 Å². The number of halogens is 6. The number of benzene rings is 1. The summed E-state index contributed by atoms with van der Waals surface area (Å²) in [6.45, 7) is 2.76. The molecule has 1 aromatic carbocycles. The number of nitrogens with one attached hydrogen (secondary N) is 2. The highest BCUT2D eigenvalue weighted by molar-refractivity contribution is 6.02. The van der Waals surface area contributed by atoms with Crippen LogP contribution in [0.4, 0.5) is 43.4 Å². The minimum atomic E-state index is -4.36. The molecule has 14 heteroatoms.